The van der Waals surface area contributed by atoms with Crippen molar-refractivity contribution in [2.75, 3.05) is 37.7 Å². The summed E-state index contributed by atoms with van der Waals surface area (Å²) in [6.07, 6.45) is -3.64. The molecule has 3 rings (SSSR count). The highest BCUT2D eigenvalue weighted by Crippen LogP contribution is 2.43. The number of aliphatic hydroxyl groups is 1. The van der Waals surface area contributed by atoms with Crippen molar-refractivity contribution in [2.45, 2.75) is 84.1 Å². The van der Waals surface area contributed by atoms with Crippen LogP contribution in [0, 0.1) is 11.8 Å². The Morgan fingerprint density at radius 1 is 0.974 bits per heavy atom. The number of halogens is 3. The first kappa shape index (κ1) is 30.1. The number of benzene rings is 1. The summed E-state index contributed by atoms with van der Waals surface area (Å²) in [5.41, 5.74) is -0.863. The Bertz CT molecular complexity index is 992. The summed E-state index contributed by atoms with van der Waals surface area (Å²) in [6.45, 7) is 12.1. The molecule has 0 unspecified atom stereocenters. The molecular weight excluding hydrogens is 501 g/mol. The Labute approximate surface area is 223 Å². The van der Waals surface area contributed by atoms with Crippen LogP contribution >= 0.6 is 0 Å². The van der Waals surface area contributed by atoms with E-state index >= 15 is 0 Å². The normalized spacial score (nSPS) is 21.5. The predicted octanol–water partition coefficient (Wildman–Crippen LogP) is 5.60. The molecule has 10 heteroatoms. The number of piperidine rings is 1. The number of hydrogen-bond acceptors (Lipinski definition) is 6. The van der Waals surface area contributed by atoms with Gasteiger partial charge >= 0.3 is 18.2 Å². The molecule has 2 aliphatic rings. The van der Waals surface area contributed by atoms with Crippen LogP contribution in [0.25, 0.3) is 0 Å². The van der Waals surface area contributed by atoms with Gasteiger partial charge in [-0.05, 0) is 84.4 Å². The number of nitrogens with zero attached hydrogens (tertiary/aromatic N) is 2. The van der Waals surface area contributed by atoms with E-state index in [1.54, 1.807) is 46.4 Å². The maximum Gasteiger partial charge on any atom is 0.416 e. The number of rotatable bonds is 5. The highest BCUT2D eigenvalue weighted by atomic mass is 19.4. The quantitative estimate of drug-likeness (QED) is 0.489. The number of ether oxygens (including phenoxy) is 2. The number of carbonyl (C=O) groups excluding carboxylic acids is 2. The summed E-state index contributed by atoms with van der Waals surface area (Å²) in [5, 5.41) is 9.70. The van der Waals surface area contributed by atoms with Crippen LogP contribution in [0.15, 0.2) is 18.2 Å². The van der Waals surface area contributed by atoms with Gasteiger partial charge in [0.05, 0.1) is 11.5 Å². The first-order chi connectivity index (χ1) is 17.5. The highest BCUT2D eigenvalue weighted by Gasteiger charge is 2.41. The van der Waals surface area contributed by atoms with Crippen molar-refractivity contribution < 1.29 is 37.3 Å². The van der Waals surface area contributed by atoms with Gasteiger partial charge in [-0.2, -0.15) is 13.2 Å². The molecule has 1 amide bonds. The summed E-state index contributed by atoms with van der Waals surface area (Å²) < 4.78 is 52.2. The van der Waals surface area contributed by atoms with Crippen LogP contribution in [0.3, 0.4) is 0 Å². The molecule has 2 heterocycles. The number of amides is 1. The molecule has 0 aliphatic carbocycles. The van der Waals surface area contributed by atoms with E-state index in [4.69, 9.17) is 9.47 Å². The number of aliphatic hydroxyl groups excluding tert-OH is 1. The molecule has 0 bridgehead atoms. The van der Waals surface area contributed by atoms with Crippen LogP contribution in [-0.4, -0.2) is 66.1 Å². The van der Waals surface area contributed by atoms with Crippen molar-refractivity contribution in [3.8, 4) is 0 Å². The van der Waals surface area contributed by atoms with Gasteiger partial charge in [0.2, 0.25) is 0 Å². The molecule has 2 atom stereocenters. The second-order valence-corrected chi connectivity index (χ2v) is 12.3. The van der Waals surface area contributed by atoms with E-state index in [1.807, 2.05) is 4.90 Å². The Hall–Kier alpha value is -2.49. The van der Waals surface area contributed by atoms with E-state index in [1.165, 1.54) is 12.1 Å². The standard InChI is InChI=1S/C28H41F3N2O5/c1-26(2,3)37-24(35)18-9-12-32(13-10-18)23-15-20(28(29,30)31)7-8-21(23)22-17-33(16-19(22)11-14-34)25(36)38-27(4,5)6/h7-8,15,18-19,22,34H,9-14,16-17H2,1-6H3/t19-,22-/m0/s1. The molecule has 0 saturated carbocycles. The van der Waals surface area contributed by atoms with Gasteiger partial charge in [-0.3, -0.25) is 4.79 Å². The van der Waals surface area contributed by atoms with E-state index < -0.39 is 29.0 Å². The lowest BCUT2D eigenvalue weighted by Crippen LogP contribution is -2.39. The third-order valence-corrected chi connectivity index (χ3v) is 6.93. The van der Waals surface area contributed by atoms with E-state index in [0.29, 0.717) is 50.1 Å². The van der Waals surface area contributed by atoms with Crippen molar-refractivity contribution in [1.82, 2.24) is 4.90 Å². The lowest BCUT2D eigenvalue weighted by molar-refractivity contribution is -0.160. The van der Waals surface area contributed by atoms with Gasteiger partial charge in [0.25, 0.3) is 0 Å². The number of hydrogen-bond donors (Lipinski definition) is 1. The van der Waals surface area contributed by atoms with Gasteiger partial charge in [-0.25, -0.2) is 4.79 Å². The molecule has 0 aromatic heterocycles. The molecular formula is C28H41F3N2O5. The van der Waals surface area contributed by atoms with Crippen LogP contribution in [-0.2, 0) is 20.4 Å². The van der Waals surface area contributed by atoms with E-state index in [-0.39, 0.29) is 36.9 Å². The first-order valence-electron chi connectivity index (χ1n) is 13.3. The third-order valence-electron chi connectivity index (χ3n) is 6.93. The van der Waals surface area contributed by atoms with Gasteiger partial charge < -0.3 is 24.4 Å². The molecule has 1 N–H and O–H groups in total. The Balaban J connectivity index is 1.89. The summed E-state index contributed by atoms with van der Waals surface area (Å²) in [4.78, 5) is 28.8. The summed E-state index contributed by atoms with van der Waals surface area (Å²) in [6, 6.07) is 3.76. The molecule has 0 radical (unpaired) electrons. The van der Waals surface area contributed by atoms with E-state index in [0.717, 1.165) is 6.07 Å². The zero-order valence-corrected chi connectivity index (χ0v) is 23.2. The van der Waals surface area contributed by atoms with Crippen molar-refractivity contribution in [1.29, 1.82) is 0 Å². The number of anilines is 1. The zero-order valence-electron chi connectivity index (χ0n) is 23.2. The number of carbonyl (C=O) groups is 2. The van der Waals surface area contributed by atoms with Crippen molar-refractivity contribution in [3.63, 3.8) is 0 Å². The Kier molecular flexibility index (Phi) is 8.95. The smallest absolute Gasteiger partial charge is 0.416 e. The fraction of sp³-hybridized carbons (Fsp3) is 0.714. The molecule has 2 saturated heterocycles. The fourth-order valence-corrected chi connectivity index (χ4v) is 5.21. The van der Waals surface area contributed by atoms with Crippen LogP contribution in [0.1, 0.15) is 77.8 Å². The van der Waals surface area contributed by atoms with Crippen molar-refractivity contribution in [2.24, 2.45) is 11.8 Å². The fourth-order valence-electron chi connectivity index (χ4n) is 5.21. The van der Waals surface area contributed by atoms with Gasteiger partial charge in [-0.1, -0.05) is 6.07 Å². The largest absolute Gasteiger partial charge is 0.460 e. The minimum absolute atomic E-state index is 0.0967. The monoisotopic (exact) mass is 542 g/mol. The molecule has 38 heavy (non-hydrogen) atoms. The summed E-state index contributed by atoms with van der Waals surface area (Å²) in [7, 11) is 0. The molecule has 1 aromatic carbocycles. The number of likely N-dealkylation sites (tertiary alicyclic amines) is 1. The highest BCUT2D eigenvalue weighted by molar-refractivity contribution is 5.73. The van der Waals surface area contributed by atoms with Crippen molar-refractivity contribution in [3.05, 3.63) is 29.3 Å². The Morgan fingerprint density at radius 2 is 1.58 bits per heavy atom. The van der Waals surface area contributed by atoms with Gasteiger partial charge in [0.1, 0.15) is 11.2 Å². The number of esters is 1. The molecule has 2 aliphatic heterocycles. The average molecular weight is 543 g/mol. The van der Waals surface area contributed by atoms with E-state index in [2.05, 4.69) is 0 Å². The molecule has 1 aromatic rings. The topological polar surface area (TPSA) is 79.3 Å². The van der Waals surface area contributed by atoms with Crippen LogP contribution in [0.4, 0.5) is 23.7 Å². The van der Waals surface area contributed by atoms with E-state index in [9.17, 15) is 27.9 Å². The van der Waals surface area contributed by atoms with Crippen LogP contribution in [0.5, 0.6) is 0 Å². The first-order valence-corrected chi connectivity index (χ1v) is 13.3. The third kappa shape index (κ3) is 7.77. The molecule has 2 fully saturated rings. The number of alkyl halides is 3. The zero-order chi connectivity index (χ0) is 28.5. The minimum atomic E-state index is -4.51. The average Bonchev–Trinajstić information content (AvgIpc) is 3.20. The minimum Gasteiger partial charge on any atom is -0.460 e. The molecule has 7 nitrogen and oxygen atoms in total. The predicted molar refractivity (Wildman–Crippen MR) is 138 cm³/mol. The summed E-state index contributed by atoms with van der Waals surface area (Å²) >= 11 is 0. The second kappa shape index (κ2) is 11.3. The lowest BCUT2D eigenvalue weighted by Gasteiger charge is -2.36. The SMILES string of the molecule is CC(C)(C)OC(=O)C1CCN(c2cc(C(F)(F)F)ccc2[C@H]2CN(C(=O)OC(C)(C)C)C[C@@H]2CCO)CC1. The van der Waals surface area contributed by atoms with Crippen LogP contribution < -0.4 is 4.90 Å². The maximum atomic E-state index is 13.7. The van der Waals surface area contributed by atoms with Crippen molar-refractivity contribution >= 4 is 17.7 Å². The maximum absolute atomic E-state index is 13.7. The Morgan fingerprint density at radius 3 is 2.11 bits per heavy atom. The van der Waals surface area contributed by atoms with Gasteiger partial charge in [-0.15, -0.1) is 0 Å². The van der Waals surface area contributed by atoms with Gasteiger partial charge in [0.15, 0.2) is 0 Å². The second-order valence-electron chi connectivity index (χ2n) is 12.3. The van der Waals surface area contributed by atoms with Gasteiger partial charge in [0, 0.05) is 44.4 Å². The lowest BCUT2D eigenvalue weighted by atomic mass is 9.84. The molecule has 0 spiro atoms. The van der Waals surface area contributed by atoms with Crippen LogP contribution in [0.2, 0.25) is 0 Å². The summed E-state index contributed by atoms with van der Waals surface area (Å²) in [5.74, 6) is -0.998. The molecule has 214 valence electrons.